The summed E-state index contributed by atoms with van der Waals surface area (Å²) in [6, 6.07) is 10.1. The van der Waals surface area contributed by atoms with E-state index < -0.39 is 0 Å². The number of rotatable bonds is 4. The van der Waals surface area contributed by atoms with Gasteiger partial charge in [0.1, 0.15) is 5.82 Å². The largest absolute Gasteiger partial charge is 0.355 e. The fourth-order valence-electron chi connectivity index (χ4n) is 2.87. The molecule has 1 atom stereocenters. The second-order valence-electron chi connectivity index (χ2n) is 6.17. The van der Waals surface area contributed by atoms with Crippen LogP contribution in [0.1, 0.15) is 43.8 Å². The standard InChI is InChI=1S/C17H20N4OS/c22-16-14(8-4-5-11-18-16)23-17-19-15(12-9-10-12)21(20-17)13-6-2-1-3-7-13/h1-3,6-7,12,14H,4-5,8-11H2,(H,18,22)/t14-/m0/s1. The van der Waals surface area contributed by atoms with E-state index >= 15 is 0 Å². The van der Waals surface area contributed by atoms with E-state index in [1.54, 1.807) is 0 Å². The molecule has 1 aromatic carbocycles. The second kappa shape index (κ2) is 6.35. The fourth-order valence-corrected chi connectivity index (χ4v) is 3.87. The monoisotopic (exact) mass is 328 g/mol. The number of amides is 1. The minimum absolute atomic E-state index is 0.0730. The lowest BCUT2D eigenvalue weighted by molar-refractivity contribution is -0.120. The summed E-state index contributed by atoms with van der Waals surface area (Å²) in [7, 11) is 0. The van der Waals surface area contributed by atoms with Crippen LogP contribution in [-0.2, 0) is 4.79 Å². The maximum atomic E-state index is 12.1. The van der Waals surface area contributed by atoms with Crippen LogP contribution in [0.5, 0.6) is 0 Å². The van der Waals surface area contributed by atoms with Crippen molar-refractivity contribution in [2.24, 2.45) is 0 Å². The van der Waals surface area contributed by atoms with Gasteiger partial charge in [0.2, 0.25) is 11.1 Å². The minimum atomic E-state index is -0.0730. The maximum absolute atomic E-state index is 12.1. The molecule has 0 bridgehead atoms. The molecule has 0 unspecified atom stereocenters. The Bertz CT molecular complexity index is 696. The van der Waals surface area contributed by atoms with Gasteiger partial charge >= 0.3 is 0 Å². The molecule has 1 saturated heterocycles. The molecule has 5 nitrogen and oxygen atoms in total. The maximum Gasteiger partial charge on any atom is 0.233 e. The smallest absolute Gasteiger partial charge is 0.233 e. The van der Waals surface area contributed by atoms with Gasteiger partial charge in [-0.05, 0) is 37.8 Å². The van der Waals surface area contributed by atoms with Crippen molar-refractivity contribution in [2.75, 3.05) is 6.54 Å². The van der Waals surface area contributed by atoms with E-state index in [1.807, 2.05) is 35.0 Å². The Morgan fingerprint density at radius 2 is 1.96 bits per heavy atom. The van der Waals surface area contributed by atoms with Gasteiger partial charge in [-0.3, -0.25) is 4.79 Å². The van der Waals surface area contributed by atoms with Gasteiger partial charge < -0.3 is 5.32 Å². The Morgan fingerprint density at radius 3 is 2.74 bits per heavy atom. The Hall–Kier alpha value is -1.82. The number of thioether (sulfide) groups is 1. The van der Waals surface area contributed by atoms with Gasteiger partial charge in [-0.25, -0.2) is 9.67 Å². The van der Waals surface area contributed by atoms with Gasteiger partial charge in [0.25, 0.3) is 0 Å². The third-order valence-corrected chi connectivity index (χ3v) is 5.41. The van der Waals surface area contributed by atoms with E-state index in [0.717, 1.165) is 42.5 Å². The predicted molar refractivity (Wildman–Crippen MR) is 89.8 cm³/mol. The van der Waals surface area contributed by atoms with Crippen molar-refractivity contribution >= 4 is 17.7 Å². The molecular formula is C17H20N4OS. The Balaban J connectivity index is 1.61. The molecule has 2 heterocycles. The molecule has 2 fully saturated rings. The number of benzene rings is 1. The average Bonchev–Trinajstić information content (AvgIpc) is 3.36. The third-order valence-electron chi connectivity index (χ3n) is 4.29. The highest BCUT2D eigenvalue weighted by Gasteiger charge is 2.31. The van der Waals surface area contributed by atoms with Gasteiger partial charge in [-0.15, -0.1) is 5.10 Å². The summed E-state index contributed by atoms with van der Waals surface area (Å²) in [6.07, 6.45) is 5.39. The molecule has 6 heteroatoms. The quantitative estimate of drug-likeness (QED) is 0.937. The van der Waals surface area contributed by atoms with E-state index in [9.17, 15) is 4.79 Å². The van der Waals surface area contributed by atoms with Crippen molar-refractivity contribution in [2.45, 2.75) is 48.4 Å². The lowest BCUT2D eigenvalue weighted by Crippen LogP contribution is -2.30. The summed E-state index contributed by atoms with van der Waals surface area (Å²) >= 11 is 1.51. The number of carbonyl (C=O) groups is 1. The molecule has 1 amide bonds. The first-order chi connectivity index (χ1) is 11.3. The molecule has 23 heavy (non-hydrogen) atoms. The highest BCUT2D eigenvalue weighted by molar-refractivity contribution is 8.00. The SMILES string of the molecule is O=C1NCCCC[C@@H]1Sc1nc(C2CC2)n(-c2ccccc2)n1. The molecule has 2 aromatic rings. The highest BCUT2D eigenvalue weighted by atomic mass is 32.2. The summed E-state index contributed by atoms with van der Waals surface area (Å²) in [5.74, 6) is 1.67. The van der Waals surface area contributed by atoms with Crippen molar-refractivity contribution in [3.05, 3.63) is 36.2 Å². The first-order valence-electron chi connectivity index (χ1n) is 8.28. The zero-order valence-electron chi connectivity index (χ0n) is 12.9. The normalized spacial score (nSPS) is 21.7. The van der Waals surface area contributed by atoms with Crippen LogP contribution >= 0.6 is 11.8 Å². The number of carbonyl (C=O) groups excluding carboxylic acids is 1. The van der Waals surface area contributed by atoms with Crippen LogP contribution in [0.2, 0.25) is 0 Å². The first kappa shape index (κ1) is 14.8. The molecule has 1 aromatic heterocycles. The van der Waals surface area contributed by atoms with Gasteiger partial charge in [-0.2, -0.15) is 0 Å². The molecule has 2 aliphatic rings. The zero-order valence-corrected chi connectivity index (χ0v) is 13.8. The molecule has 0 radical (unpaired) electrons. The molecule has 0 spiro atoms. The summed E-state index contributed by atoms with van der Waals surface area (Å²) in [6.45, 7) is 0.787. The predicted octanol–water partition coefficient (Wildman–Crippen LogP) is 2.91. The molecular weight excluding hydrogens is 308 g/mol. The number of nitrogens with one attached hydrogen (secondary N) is 1. The topological polar surface area (TPSA) is 59.8 Å². The van der Waals surface area contributed by atoms with Gasteiger partial charge in [0.05, 0.1) is 10.9 Å². The Kier molecular flexibility index (Phi) is 4.08. The molecule has 1 aliphatic heterocycles. The number of para-hydroxylation sites is 1. The molecule has 1 N–H and O–H groups in total. The van der Waals surface area contributed by atoms with Gasteiger partial charge in [0.15, 0.2) is 0 Å². The zero-order chi connectivity index (χ0) is 15.6. The van der Waals surface area contributed by atoms with E-state index in [1.165, 1.54) is 24.6 Å². The number of nitrogens with zero attached hydrogens (tertiary/aromatic N) is 3. The number of hydrogen-bond donors (Lipinski definition) is 1. The molecule has 120 valence electrons. The second-order valence-corrected chi connectivity index (χ2v) is 7.34. The lowest BCUT2D eigenvalue weighted by atomic mass is 10.2. The van der Waals surface area contributed by atoms with E-state index in [-0.39, 0.29) is 11.2 Å². The molecule has 1 aliphatic carbocycles. The molecule has 1 saturated carbocycles. The van der Waals surface area contributed by atoms with Crippen LogP contribution in [0.15, 0.2) is 35.5 Å². The van der Waals surface area contributed by atoms with Crippen molar-refractivity contribution in [1.29, 1.82) is 0 Å². The van der Waals surface area contributed by atoms with Gasteiger partial charge in [-0.1, -0.05) is 36.4 Å². The Labute approximate surface area is 139 Å². The summed E-state index contributed by atoms with van der Waals surface area (Å²) in [5.41, 5.74) is 1.04. The van der Waals surface area contributed by atoms with E-state index in [0.29, 0.717) is 5.92 Å². The third kappa shape index (κ3) is 3.27. The van der Waals surface area contributed by atoms with Crippen molar-refractivity contribution in [3.8, 4) is 5.69 Å². The summed E-state index contributed by atoms with van der Waals surface area (Å²) in [5, 5.41) is 8.32. The van der Waals surface area contributed by atoms with Crippen molar-refractivity contribution in [3.63, 3.8) is 0 Å². The van der Waals surface area contributed by atoms with Crippen LogP contribution in [0.4, 0.5) is 0 Å². The van der Waals surface area contributed by atoms with E-state index in [2.05, 4.69) is 10.4 Å². The van der Waals surface area contributed by atoms with Crippen LogP contribution < -0.4 is 5.32 Å². The van der Waals surface area contributed by atoms with Crippen LogP contribution in [0.3, 0.4) is 0 Å². The van der Waals surface area contributed by atoms with Crippen LogP contribution in [0.25, 0.3) is 5.69 Å². The lowest BCUT2D eigenvalue weighted by Gasteiger charge is -2.09. The number of hydrogen-bond acceptors (Lipinski definition) is 4. The van der Waals surface area contributed by atoms with Crippen molar-refractivity contribution in [1.82, 2.24) is 20.1 Å². The fraction of sp³-hybridized carbons (Fsp3) is 0.471. The first-order valence-corrected chi connectivity index (χ1v) is 9.16. The highest BCUT2D eigenvalue weighted by Crippen LogP contribution is 2.40. The van der Waals surface area contributed by atoms with Gasteiger partial charge in [0, 0.05) is 12.5 Å². The average molecular weight is 328 g/mol. The van der Waals surface area contributed by atoms with Crippen LogP contribution in [0, 0.1) is 0 Å². The summed E-state index contributed by atoms with van der Waals surface area (Å²) < 4.78 is 1.95. The van der Waals surface area contributed by atoms with E-state index in [4.69, 9.17) is 4.98 Å². The Morgan fingerprint density at radius 1 is 1.13 bits per heavy atom. The van der Waals surface area contributed by atoms with Crippen LogP contribution in [-0.4, -0.2) is 32.5 Å². The molecule has 4 rings (SSSR count). The summed E-state index contributed by atoms with van der Waals surface area (Å²) in [4.78, 5) is 16.9. The minimum Gasteiger partial charge on any atom is -0.355 e. The van der Waals surface area contributed by atoms with Crippen molar-refractivity contribution < 1.29 is 4.79 Å². The number of aromatic nitrogens is 3.